The minimum Gasteiger partial charge on any atom is -0.340 e. The molecule has 0 spiro atoms. The van der Waals surface area contributed by atoms with E-state index in [1.165, 1.54) is 18.5 Å². The van der Waals surface area contributed by atoms with E-state index in [1.54, 1.807) is 36.4 Å². The fraction of sp³-hybridized carbons (Fsp3) is 0.0417. The van der Waals surface area contributed by atoms with Gasteiger partial charge in [0.25, 0.3) is 5.91 Å². The zero-order chi connectivity index (χ0) is 21.8. The van der Waals surface area contributed by atoms with Gasteiger partial charge < -0.3 is 10.6 Å². The van der Waals surface area contributed by atoms with Crippen LogP contribution in [0.4, 0.5) is 21.6 Å². The number of anilines is 3. The lowest BCUT2D eigenvalue weighted by atomic mass is 10.1. The maximum Gasteiger partial charge on any atom is 0.255 e. The van der Waals surface area contributed by atoms with E-state index >= 15 is 0 Å². The zero-order valence-electron chi connectivity index (χ0n) is 16.6. The number of aryl methyl sites for hydroxylation is 1. The van der Waals surface area contributed by atoms with Crippen LogP contribution in [0, 0.1) is 12.7 Å². The Morgan fingerprint density at radius 1 is 0.935 bits per heavy atom. The molecule has 1 aromatic heterocycles. The van der Waals surface area contributed by atoms with Crippen LogP contribution in [0.1, 0.15) is 15.9 Å². The van der Waals surface area contributed by atoms with Crippen LogP contribution in [-0.2, 0) is 0 Å². The number of nitrogens with zero attached hydrogens (tertiary/aromatic N) is 2. The van der Waals surface area contributed by atoms with Crippen molar-refractivity contribution in [2.75, 3.05) is 10.6 Å². The number of halogens is 2. The molecule has 5 nitrogen and oxygen atoms in total. The Kier molecular flexibility index (Phi) is 6.04. The summed E-state index contributed by atoms with van der Waals surface area (Å²) in [5.74, 6) is -0.00540. The number of rotatable bonds is 5. The van der Waals surface area contributed by atoms with Crippen LogP contribution in [0.25, 0.3) is 11.3 Å². The van der Waals surface area contributed by atoms with E-state index in [0.717, 1.165) is 15.7 Å². The first-order chi connectivity index (χ1) is 15.0. The molecule has 0 unspecified atom stereocenters. The molecular formula is C24H18BrFN4O. The van der Waals surface area contributed by atoms with Crippen LogP contribution in [0.5, 0.6) is 0 Å². The average molecular weight is 477 g/mol. The highest BCUT2D eigenvalue weighted by Crippen LogP contribution is 2.23. The molecule has 1 amide bonds. The van der Waals surface area contributed by atoms with Gasteiger partial charge in [-0.1, -0.05) is 34.1 Å². The summed E-state index contributed by atoms with van der Waals surface area (Å²) in [5, 5.41) is 6.08. The van der Waals surface area contributed by atoms with Crippen molar-refractivity contribution in [3.05, 3.63) is 101 Å². The summed E-state index contributed by atoms with van der Waals surface area (Å²) in [4.78, 5) is 21.1. The van der Waals surface area contributed by atoms with Gasteiger partial charge >= 0.3 is 0 Å². The lowest BCUT2D eigenvalue weighted by molar-refractivity contribution is 0.102. The monoisotopic (exact) mass is 476 g/mol. The number of hydrogen-bond donors (Lipinski definition) is 2. The van der Waals surface area contributed by atoms with Gasteiger partial charge in [-0.3, -0.25) is 4.79 Å². The van der Waals surface area contributed by atoms with Crippen molar-refractivity contribution in [1.82, 2.24) is 9.97 Å². The quantitative estimate of drug-likeness (QED) is 0.352. The highest BCUT2D eigenvalue weighted by Gasteiger charge is 2.09. The van der Waals surface area contributed by atoms with Crippen molar-refractivity contribution in [1.29, 1.82) is 0 Å². The summed E-state index contributed by atoms with van der Waals surface area (Å²) in [6.07, 6.45) is 1.41. The number of benzene rings is 3. The Morgan fingerprint density at radius 3 is 2.58 bits per heavy atom. The van der Waals surface area contributed by atoms with Crippen LogP contribution in [-0.4, -0.2) is 15.9 Å². The highest BCUT2D eigenvalue weighted by molar-refractivity contribution is 9.10. The van der Waals surface area contributed by atoms with E-state index in [9.17, 15) is 9.18 Å². The van der Waals surface area contributed by atoms with Gasteiger partial charge in [-0.05, 0) is 61.0 Å². The van der Waals surface area contributed by atoms with Crippen LogP contribution in [0.3, 0.4) is 0 Å². The number of aromatic nitrogens is 2. The topological polar surface area (TPSA) is 66.9 Å². The van der Waals surface area contributed by atoms with E-state index in [1.807, 2.05) is 31.2 Å². The maximum absolute atomic E-state index is 13.5. The summed E-state index contributed by atoms with van der Waals surface area (Å²) >= 11 is 3.46. The van der Waals surface area contributed by atoms with Crippen LogP contribution >= 0.6 is 15.9 Å². The molecule has 0 atom stereocenters. The van der Waals surface area contributed by atoms with E-state index in [2.05, 4.69) is 36.5 Å². The van der Waals surface area contributed by atoms with Crippen molar-refractivity contribution in [3.8, 4) is 11.3 Å². The number of carbonyl (C=O) groups is 1. The molecule has 31 heavy (non-hydrogen) atoms. The fourth-order valence-corrected chi connectivity index (χ4v) is 3.29. The Hall–Kier alpha value is -3.58. The molecular weight excluding hydrogens is 459 g/mol. The minimum absolute atomic E-state index is 0.214. The maximum atomic E-state index is 13.5. The van der Waals surface area contributed by atoms with E-state index in [4.69, 9.17) is 0 Å². The van der Waals surface area contributed by atoms with Crippen LogP contribution in [0.2, 0.25) is 0 Å². The van der Waals surface area contributed by atoms with Gasteiger partial charge in [0.15, 0.2) is 0 Å². The molecule has 0 bridgehead atoms. The number of hydrogen-bond acceptors (Lipinski definition) is 4. The highest BCUT2D eigenvalue weighted by atomic mass is 79.9. The van der Waals surface area contributed by atoms with Crippen molar-refractivity contribution >= 4 is 39.0 Å². The van der Waals surface area contributed by atoms with Gasteiger partial charge in [0.2, 0.25) is 0 Å². The summed E-state index contributed by atoms with van der Waals surface area (Å²) in [7, 11) is 0. The lowest BCUT2D eigenvalue weighted by Gasteiger charge is -2.10. The second-order valence-corrected chi connectivity index (χ2v) is 7.78. The van der Waals surface area contributed by atoms with Crippen molar-refractivity contribution in [2.45, 2.75) is 6.92 Å². The largest absolute Gasteiger partial charge is 0.340 e. The Morgan fingerprint density at radius 2 is 1.77 bits per heavy atom. The number of carbonyl (C=O) groups excluding carboxylic acids is 1. The van der Waals surface area contributed by atoms with Gasteiger partial charge in [0.05, 0.1) is 5.69 Å². The molecule has 0 saturated heterocycles. The number of nitrogens with one attached hydrogen (secondary N) is 2. The molecule has 0 fully saturated rings. The molecule has 2 N–H and O–H groups in total. The predicted octanol–water partition coefficient (Wildman–Crippen LogP) is 6.35. The predicted molar refractivity (Wildman–Crippen MR) is 124 cm³/mol. The van der Waals surface area contributed by atoms with Crippen molar-refractivity contribution in [2.24, 2.45) is 0 Å². The zero-order valence-corrected chi connectivity index (χ0v) is 18.2. The van der Waals surface area contributed by atoms with Crippen LogP contribution in [0.15, 0.2) is 83.6 Å². The summed E-state index contributed by atoms with van der Waals surface area (Å²) < 4.78 is 14.5. The smallest absolute Gasteiger partial charge is 0.255 e. The molecule has 7 heteroatoms. The third-order valence-electron chi connectivity index (χ3n) is 4.60. The normalized spacial score (nSPS) is 10.5. The third kappa shape index (κ3) is 5.13. The summed E-state index contributed by atoms with van der Waals surface area (Å²) in [6.45, 7) is 1.96. The second kappa shape index (κ2) is 9.06. The Balaban J connectivity index is 1.51. The standard InChI is InChI=1S/C24H18BrFN4O/c1-15-10-20(8-9-21(15)25)30-24(31)17-5-3-7-19(12-17)29-23-13-22(27-14-28-23)16-4-2-6-18(26)11-16/h2-14H,1H3,(H,30,31)(H,27,28,29). The summed E-state index contributed by atoms with van der Waals surface area (Å²) in [6, 6.07) is 20.7. The Bertz CT molecular complexity index is 1260. The molecule has 3 aromatic carbocycles. The van der Waals surface area contributed by atoms with Crippen molar-refractivity contribution in [3.63, 3.8) is 0 Å². The molecule has 0 radical (unpaired) electrons. The van der Waals surface area contributed by atoms with Gasteiger partial charge in [-0.2, -0.15) is 0 Å². The molecule has 0 saturated carbocycles. The molecule has 0 aliphatic heterocycles. The fourth-order valence-electron chi connectivity index (χ4n) is 3.04. The van der Waals surface area contributed by atoms with Gasteiger partial charge in [-0.15, -0.1) is 0 Å². The second-order valence-electron chi connectivity index (χ2n) is 6.92. The van der Waals surface area contributed by atoms with E-state index in [0.29, 0.717) is 28.3 Å². The van der Waals surface area contributed by atoms with Gasteiger partial charge in [0, 0.05) is 33.0 Å². The Labute approximate surface area is 187 Å². The van der Waals surface area contributed by atoms with Crippen molar-refractivity contribution < 1.29 is 9.18 Å². The SMILES string of the molecule is Cc1cc(NC(=O)c2cccc(Nc3cc(-c4cccc(F)c4)ncn3)c2)ccc1Br. The lowest BCUT2D eigenvalue weighted by Crippen LogP contribution is -2.12. The molecule has 4 aromatic rings. The molecule has 0 aliphatic rings. The first kappa shape index (κ1) is 20.7. The third-order valence-corrected chi connectivity index (χ3v) is 5.49. The molecule has 154 valence electrons. The molecule has 1 heterocycles. The first-order valence-corrected chi connectivity index (χ1v) is 10.3. The first-order valence-electron chi connectivity index (χ1n) is 9.50. The van der Waals surface area contributed by atoms with Gasteiger partial charge in [0.1, 0.15) is 18.0 Å². The average Bonchev–Trinajstić information content (AvgIpc) is 2.77. The summed E-state index contributed by atoms with van der Waals surface area (Å²) in [5.41, 5.74) is 4.21. The minimum atomic E-state index is -0.328. The van der Waals surface area contributed by atoms with Gasteiger partial charge in [-0.25, -0.2) is 14.4 Å². The molecule has 4 rings (SSSR count). The van der Waals surface area contributed by atoms with E-state index in [-0.39, 0.29) is 11.7 Å². The van der Waals surface area contributed by atoms with E-state index < -0.39 is 0 Å². The number of amides is 1. The molecule has 0 aliphatic carbocycles. The van der Waals surface area contributed by atoms with Crippen LogP contribution < -0.4 is 10.6 Å².